The molecule has 1 aliphatic carbocycles. The molecule has 0 saturated carbocycles. The van der Waals surface area contributed by atoms with Crippen molar-refractivity contribution in [3.63, 3.8) is 0 Å². The Morgan fingerprint density at radius 2 is 1.50 bits per heavy atom. The van der Waals surface area contributed by atoms with Crippen LogP contribution in [0.1, 0.15) is 57.2 Å². The van der Waals surface area contributed by atoms with Gasteiger partial charge in [0, 0.05) is 5.56 Å². The highest BCUT2D eigenvalue weighted by molar-refractivity contribution is 5.99. The summed E-state index contributed by atoms with van der Waals surface area (Å²) in [5.74, 6) is 0.730. The molecule has 0 radical (unpaired) electrons. The normalized spacial score (nSPS) is 18.9. The highest BCUT2D eigenvalue weighted by atomic mass is 16.3. The molecule has 0 aromatic heterocycles. The van der Waals surface area contributed by atoms with Crippen molar-refractivity contribution in [1.29, 1.82) is 0 Å². The maximum absolute atomic E-state index is 9.37. The minimum Gasteiger partial charge on any atom is -0.508 e. The molecule has 0 heterocycles. The maximum atomic E-state index is 9.37. The molecule has 2 aromatic carbocycles. The van der Waals surface area contributed by atoms with Crippen molar-refractivity contribution >= 4 is 11.5 Å². The van der Waals surface area contributed by atoms with Gasteiger partial charge in [0.2, 0.25) is 0 Å². The van der Waals surface area contributed by atoms with E-state index in [1.54, 1.807) is 24.3 Å². The summed E-state index contributed by atoms with van der Waals surface area (Å²) < 4.78 is 0. The Hall–Kier alpha value is -2.29. The van der Waals surface area contributed by atoms with Gasteiger partial charge < -0.3 is 10.8 Å². The molecule has 126 valence electrons. The number of phenolic OH excluding ortho intramolecular Hbond substituents is 1. The zero-order chi connectivity index (χ0) is 17.5. The molecule has 0 amide bonds. The second kappa shape index (κ2) is 5.66. The summed E-state index contributed by atoms with van der Waals surface area (Å²) in [6, 6.07) is 13.2. The average Bonchev–Trinajstić information content (AvgIpc) is 2.54. The summed E-state index contributed by atoms with van der Waals surface area (Å²) in [5, 5.41) is 9.37. The van der Waals surface area contributed by atoms with Crippen molar-refractivity contribution < 1.29 is 5.11 Å². The summed E-state index contributed by atoms with van der Waals surface area (Å²) in [5.41, 5.74) is 11.1. The molecule has 3 N–H and O–H groups in total. The predicted octanol–water partition coefficient (Wildman–Crippen LogP) is 4.78. The van der Waals surface area contributed by atoms with E-state index >= 15 is 0 Å². The van der Waals surface area contributed by atoms with Crippen LogP contribution in [0.3, 0.4) is 0 Å². The number of benzene rings is 2. The van der Waals surface area contributed by atoms with Crippen LogP contribution in [0.15, 0.2) is 47.5 Å². The van der Waals surface area contributed by atoms with Gasteiger partial charge in [0.05, 0.1) is 5.69 Å². The van der Waals surface area contributed by atoms with E-state index in [1.165, 1.54) is 24.0 Å². The first-order valence-corrected chi connectivity index (χ1v) is 8.48. The van der Waals surface area contributed by atoms with E-state index in [0.717, 1.165) is 11.3 Å². The van der Waals surface area contributed by atoms with Crippen molar-refractivity contribution in [3.05, 3.63) is 59.2 Å². The van der Waals surface area contributed by atoms with Crippen molar-refractivity contribution in [2.24, 2.45) is 10.7 Å². The SMILES string of the molecule is CC1(C)CCC(C)(C)c2cc(C(N)=Nc3ccc(O)cc3)ccc21. The van der Waals surface area contributed by atoms with Crippen molar-refractivity contribution in [2.45, 2.75) is 51.4 Å². The number of nitrogens with two attached hydrogens (primary N) is 1. The highest BCUT2D eigenvalue weighted by Crippen LogP contribution is 2.45. The molecule has 0 unspecified atom stereocenters. The Kier molecular flexibility index (Phi) is 3.90. The molecule has 0 saturated heterocycles. The van der Waals surface area contributed by atoms with Crippen LogP contribution in [0, 0.1) is 0 Å². The Labute approximate surface area is 144 Å². The molecular formula is C21H26N2O. The average molecular weight is 322 g/mol. The van der Waals surface area contributed by atoms with Crippen LogP contribution in [0.5, 0.6) is 5.75 Å². The lowest BCUT2D eigenvalue weighted by atomic mass is 9.63. The van der Waals surface area contributed by atoms with Crippen molar-refractivity contribution in [3.8, 4) is 5.75 Å². The number of hydrogen-bond donors (Lipinski definition) is 2. The summed E-state index contributed by atoms with van der Waals surface area (Å²) in [4.78, 5) is 4.49. The first-order chi connectivity index (χ1) is 11.2. The van der Waals surface area contributed by atoms with Gasteiger partial charge in [-0.2, -0.15) is 0 Å². The number of amidine groups is 1. The van der Waals surface area contributed by atoms with Crippen molar-refractivity contribution in [1.82, 2.24) is 0 Å². The predicted molar refractivity (Wildman–Crippen MR) is 100 cm³/mol. The van der Waals surface area contributed by atoms with Crippen LogP contribution in [-0.4, -0.2) is 10.9 Å². The first kappa shape index (κ1) is 16.6. The van der Waals surface area contributed by atoms with Crippen LogP contribution in [0.4, 0.5) is 5.69 Å². The number of fused-ring (bicyclic) bond motifs is 1. The molecule has 0 aliphatic heterocycles. The van der Waals surface area contributed by atoms with Gasteiger partial charge in [-0.25, -0.2) is 4.99 Å². The molecule has 0 atom stereocenters. The van der Waals surface area contributed by atoms with Crippen LogP contribution in [0.2, 0.25) is 0 Å². The van der Waals surface area contributed by atoms with Gasteiger partial charge in [-0.05, 0) is 65.1 Å². The van der Waals surface area contributed by atoms with Gasteiger partial charge >= 0.3 is 0 Å². The smallest absolute Gasteiger partial charge is 0.131 e. The van der Waals surface area contributed by atoms with Crippen LogP contribution in [-0.2, 0) is 10.8 Å². The van der Waals surface area contributed by atoms with Gasteiger partial charge in [0.1, 0.15) is 11.6 Å². The third-order valence-electron chi connectivity index (χ3n) is 5.25. The van der Waals surface area contributed by atoms with E-state index in [9.17, 15) is 5.11 Å². The molecule has 0 fully saturated rings. The first-order valence-electron chi connectivity index (χ1n) is 8.48. The van der Waals surface area contributed by atoms with E-state index in [4.69, 9.17) is 5.73 Å². The Morgan fingerprint density at radius 3 is 2.12 bits per heavy atom. The molecule has 0 bridgehead atoms. The topological polar surface area (TPSA) is 58.6 Å². The van der Waals surface area contributed by atoms with Gasteiger partial charge in [-0.1, -0.05) is 39.8 Å². The quantitative estimate of drug-likeness (QED) is 0.617. The number of aromatic hydroxyl groups is 1. The monoisotopic (exact) mass is 322 g/mol. The Balaban J connectivity index is 2.03. The minimum absolute atomic E-state index is 0.152. The van der Waals surface area contributed by atoms with Crippen molar-refractivity contribution in [2.75, 3.05) is 0 Å². The van der Waals surface area contributed by atoms with E-state index in [0.29, 0.717) is 5.84 Å². The lowest BCUT2D eigenvalue weighted by Gasteiger charge is -2.42. The van der Waals surface area contributed by atoms with Gasteiger partial charge in [-0.3, -0.25) is 0 Å². The number of aliphatic imine (C=N–C) groups is 1. The molecule has 3 heteroatoms. The second-order valence-electron chi connectivity index (χ2n) is 8.04. The highest BCUT2D eigenvalue weighted by Gasteiger charge is 2.37. The zero-order valence-corrected chi connectivity index (χ0v) is 14.9. The summed E-state index contributed by atoms with van der Waals surface area (Å²) in [6.07, 6.45) is 2.37. The Bertz CT molecular complexity index is 786. The Morgan fingerprint density at radius 1 is 0.917 bits per heavy atom. The van der Waals surface area contributed by atoms with E-state index in [-0.39, 0.29) is 16.6 Å². The summed E-state index contributed by atoms with van der Waals surface area (Å²) in [6.45, 7) is 9.24. The maximum Gasteiger partial charge on any atom is 0.131 e. The second-order valence-corrected chi connectivity index (χ2v) is 8.04. The van der Waals surface area contributed by atoms with E-state index in [2.05, 4.69) is 50.9 Å². The molecule has 3 rings (SSSR count). The standard InChI is InChI=1S/C21H26N2O/c1-20(2)11-12-21(3,4)18-13-14(5-10-17(18)20)19(22)23-15-6-8-16(24)9-7-15/h5-10,13,24H,11-12H2,1-4H3,(H2,22,23). The lowest BCUT2D eigenvalue weighted by Crippen LogP contribution is -2.34. The van der Waals surface area contributed by atoms with Gasteiger partial charge in [0.15, 0.2) is 0 Å². The van der Waals surface area contributed by atoms with Crippen LogP contribution >= 0.6 is 0 Å². The molecule has 24 heavy (non-hydrogen) atoms. The molecule has 1 aliphatic rings. The molecular weight excluding hydrogens is 296 g/mol. The molecule has 2 aromatic rings. The van der Waals surface area contributed by atoms with Crippen LogP contribution < -0.4 is 5.73 Å². The summed E-state index contributed by atoms with van der Waals surface area (Å²) >= 11 is 0. The molecule has 3 nitrogen and oxygen atoms in total. The third-order valence-corrected chi connectivity index (χ3v) is 5.25. The van der Waals surface area contributed by atoms with Gasteiger partial charge in [0.25, 0.3) is 0 Å². The minimum atomic E-state index is 0.152. The number of hydrogen-bond acceptors (Lipinski definition) is 2. The largest absolute Gasteiger partial charge is 0.508 e. The summed E-state index contributed by atoms with van der Waals surface area (Å²) in [7, 11) is 0. The number of phenols is 1. The zero-order valence-electron chi connectivity index (χ0n) is 14.9. The fourth-order valence-electron chi connectivity index (χ4n) is 3.48. The van der Waals surface area contributed by atoms with E-state index < -0.39 is 0 Å². The fraction of sp³-hybridized carbons (Fsp3) is 0.381. The number of nitrogens with zero attached hydrogens (tertiary/aromatic N) is 1. The number of rotatable bonds is 2. The fourth-order valence-corrected chi connectivity index (χ4v) is 3.48. The molecule has 0 spiro atoms. The lowest BCUT2D eigenvalue weighted by molar-refractivity contribution is 0.332. The van der Waals surface area contributed by atoms with Crippen LogP contribution in [0.25, 0.3) is 0 Å². The van der Waals surface area contributed by atoms with E-state index in [1.807, 2.05) is 0 Å². The third kappa shape index (κ3) is 3.03. The van der Waals surface area contributed by atoms with Gasteiger partial charge in [-0.15, -0.1) is 0 Å².